The molecule has 0 bridgehead atoms. The summed E-state index contributed by atoms with van der Waals surface area (Å²) in [5.74, 6) is -0.214. The molecule has 1 heterocycles. The zero-order valence-corrected chi connectivity index (χ0v) is 19.4. The van der Waals surface area contributed by atoms with Crippen LogP contribution < -0.4 is 5.32 Å². The van der Waals surface area contributed by atoms with Gasteiger partial charge in [-0.05, 0) is 37.9 Å². The lowest BCUT2D eigenvalue weighted by atomic mass is 10.0. The van der Waals surface area contributed by atoms with Crippen LogP contribution in [0.25, 0.3) is 10.9 Å². The zero-order valence-electron chi connectivity index (χ0n) is 19.4. The summed E-state index contributed by atoms with van der Waals surface area (Å²) in [5.41, 5.74) is 3.53. The molecule has 0 spiro atoms. The van der Waals surface area contributed by atoms with E-state index in [4.69, 9.17) is 4.99 Å². The van der Waals surface area contributed by atoms with E-state index < -0.39 is 4.92 Å². The van der Waals surface area contributed by atoms with E-state index in [9.17, 15) is 20.0 Å². The number of nitro benzene ring substituents is 1. The lowest BCUT2D eigenvalue weighted by Gasteiger charge is -2.11. The number of aromatic amines is 1. The molecule has 0 saturated carbocycles. The molecule has 0 fully saturated rings. The number of aliphatic imine (C=N–C) groups is 1. The Morgan fingerprint density at radius 2 is 1.86 bits per heavy atom. The van der Waals surface area contributed by atoms with Crippen LogP contribution in [0.5, 0.6) is 5.88 Å². The number of hydrogen-bond donors (Lipinski definition) is 3. The van der Waals surface area contributed by atoms with Gasteiger partial charge in [-0.25, -0.2) is 4.99 Å². The SMILES string of the molecule is CN(C)CC(=O)NCc1cccc(N=C(c2ccccc2)c2c(O)[nH]c3ccc([N+](=O)[O-])cc23)c1. The number of benzene rings is 3. The van der Waals surface area contributed by atoms with E-state index in [-0.39, 0.29) is 17.5 Å². The number of nitro groups is 1. The molecule has 1 amide bonds. The highest BCUT2D eigenvalue weighted by Gasteiger charge is 2.21. The van der Waals surface area contributed by atoms with E-state index in [0.29, 0.717) is 41.0 Å². The number of aromatic nitrogens is 1. The number of likely N-dealkylation sites (N-methyl/N-ethyl adjacent to an activating group) is 1. The molecule has 3 aromatic carbocycles. The largest absolute Gasteiger partial charge is 0.494 e. The summed E-state index contributed by atoms with van der Waals surface area (Å²) < 4.78 is 0. The van der Waals surface area contributed by atoms with Crippen molar-refractivity contribution < 1.29 is 14.8 Å². The third-order valence-electron chi connectivity index (χ3n) is 5.36. The smallest absolute Gasteiger partial charge is 0.270 e. The number of nitrogens with one attached hydrogen (secondary N) is 2. The van der Waals surface area contributed by atoms with Gasteiger partial charge in [-0.15, -0.1) is 0 Å². The summed E-state index contributed by atoms with van der Waals surface area (Å²) in [5, 5.41) is 25.5. The second kappa shape index (κ2) is 10.2. The Labute approximate surface area is 201 Å². The minimum atomic E-state index is -0.472. The van der Waals surface area contributed by atoms with E-state index in [1.165, 1.54) is 12.1 Å². The molecule has 0 saturated heterocycles. The van der Waals surface area contributed by atoms with Gasteiger partial charge in [0.2, 0.25) is 5.91 Å². The molecule has 3 N–H and O–H groups in total. The summed E-state index contributed by atoms with van der Waals surface area (Å²) >= 11 is 0. The normalized spacial score (nSPS) is 11.7. The number of carbonyl (C=O) groups excluding carboxylic acids is 1. The van der Waals surface area contributed by atoms with Crippen LogP contribution in [0.3, 0.4) is 0 Å². The van der Waals surface area contributed by atoms with Gasteiger partial charge in [0.25, 0.3) is 5.69 Å². The van der Waals surface area contributed by atoms with Gasteiger partial charge >= 0.3 is 0 Å². The first-order valence-corrected chi connectivity index (χ1v) is 11.0. The lowest BCUT2D eigenvalue weighted by Crippen LogP contribution is -2.32. The molecule has 0 atom stereocenters. The van der Waals surface area contributed by atoms with Gasteiger partial charge in [0.15, 0.2) is 5.88 Å². The molecule has 0 radical (unpaired) electrons. The van der Waals surface area contributed by atoms with Crippen molar-refractivity contribution in [3.63, 3.8) is 0 Å². The fourth-order valence-electron chi connectivity index (χ4n) is 3.79. The zero-order chi connectivity index (χ0) is 24.9. The Morgan fingerprint density at radius 3 is 2.57 bits per heavy atom. The highest BCUT2D eigenvalue weighted by molar-refractivity contribution is 6.22. The fraction of sp³-hybridized carbons (Fsp3) is 0.154. The Bertz CT molecular complexity index is 1410. The number of aromatic hydroxyl groups is 1. The monoisotopic (exact) mass is 471 g/mol. The number of amides is 1. The van der Waals surface area contributed by atoms with Crippen molar-refractivity contribution in [1.29, 1.82) is 0 Å². The highest BCUT2D eigenvalue weighted by atomic mass is 16.6. The summed E-state index contributed by atoms with van der Waals surface area (Å²) in [7, 11) is 3.66. The molecular weight excluding hydrogens is 446 g/mol. The Morgan fingerprint density at radius 1 is 1.09 bits per heavy atom. The number of fused-ring (bicyclic) bond motifs is 1. The van der Waals surface area contributed by atoms with Crippen LogP contribution >= 0.6 is 0 Å². The first kappa shape index (κ1) is 23.7. The maximum Gasteiger partial charge on any atom is 0.270 e. The van der Waals surface area contributed by atoms with Crippen LogP contribution in [0, 0.1) is 10.1 Å². The number of H-pyrrole nitrogens is 1. The second-order valence-corrected chi connectivity index (χ2v) is 8.35. The van der Waals surface area contributed by atoms with Crippen molar-refractivity contribution in [3.8, 4) is 5.88 Å². The highest BCUT2D eigenvalue weighted by Crippen LogP contribution is 2.33. The standard InChI is InChI=1S/C26H25N5O4/c1-30(2)16-23(32)27-15-17-7-6-10-19(13-17)28-25(18-8-4-3-5-9-18)24-21-14-20(31(34)35)11-12-22(21)29-26(24)33/h3-14,29,33H,15-16H2,1-2H3,(H,27,32). The van der Waals surface area contributed by atoms with E-state index >= 15 is 0 Å². The number of rotatable bonds is 8. The number of nitrogens with zero attached hydrogens (tertiary/aromatic N) is 3. The van der Waals surface area contributed by atoms with E-state index in [0.717, 1.165) is 11.1 Å². The predicted molar refractivity (Wildman–Crippen MR) is 135 cm³/mol. The van der Waals surface area contributed by atoms with Gasteiger partial charge in [-0.2, -0.15) is 0 Å². The third kappa shape index (κ3) is 5.53. The van der Waals surface area contributed by atoms with Gasteiger partial charge < -0.3 is 20.3 Å². The second-order valence-electron chi connectivity index (χ2n) is 8.35. The number of carbonyl (C=O) groups is 1. The average molecular weight is 472 g/mol. The van der Waals surface area contributed by atoms with Crippen molar-refractivity contribution in [2.75, 3.05) is 20.6 Å². The van der Waals surface area contributed by atoms with E-state index in [1.807, 2.05) is 68.7 Å². The van der Waals surface area contributed by atoms with Crippen molar-refractivity contribution >= 4 is 33.9 Å². The predicted octanol–water partition coefficient (Wildman–Crippen LogP) is 4.13. The Kier molecular flexibility index (Phi) is 6.88. The average Bonchev–Trinajstić information content (AvgIpc) is 3.16. The van der Waals surface area contributed by atoms with Gasteiger partial charge in [0, 0.05) is 35.1 Å². The Balaban J connectivity index is 1.78. The molecule has 178 valence electrons. The number of hydrogen-bond acceptors (Lipinski definition) is 6. The molecule has 4 rings (SSSR count). The van der Waals surface area contributed by atoms with Crippen LogP contribution in [0.1, 0.15) is 16.7 Å². The first-order valence-electron chi connectivity index (χ1n) is 11.0. The van der Waals surface area contributed by atoms with Crippen molar-refractivity contribution in [1.82, 2.24) is 15.2 Å². The van der Waals surface area contributed by atoms with Gasteiger partial charge in [-0.1, -0.05) is 42.5 Å². The number of non-ortho nitro benzene ring substituents is 1. The van der Waals surface area contributed by atoms with Gasteiger partial charge in [0.05, 0.1) is 28.4 Å². The molecule has 0 aliphatic rings. The van der Waals surface area contributed by atoms with Crippen LogP contribution in [0.15, 0.2) is 77.8 Å². The molecule has 9 nitrogen and oxygen atoms in total. The molecule has 0 aliphatic carbocycles. The van der Waals surface area contributed by atoms with Crippen LogP contribution in [0.2, 0.25) is 0 Å². The van der Waals surface area contributed by atoms with E-state index in [2.05, 4.69) is 10.3 Å². The van der Waals surface area contributed by atoms with Crippen LogP contribution in [0.4, 0.5) is 11.4 Å². The Hall–Kier alpha value is -4.50. The van der Waals surface area contributed by atoms with Crippen LogP contribution in [-0.2, 0) is 11.3 Å². The topological polar surface area (TPSA) is 124 Å². The molecule has 1 aromatic heterocycles. The maximum absolute atomic E-state index is 12.0. The van der Waals surface area contributed by atoms with Gasteiger partial charge in [0.1, 0.15) is 0 Å². The summed E-state index contributed by atoms with van der Waals surface area (Å²) in [6.07, 6.45) is 0. The molecule has 4 aromatic rings. The summed E-state index contributed by atoms with van der Waals surface area (Å²) in [6, 6.07) is 21.1. The molecule has 0 aliphatic heterocycles. The van der Waals surface area contributed by atoms with E-state index in [1.54, 1.807) is 11.0 Å². The third-order valence-corrected chi connectivity index (χ3v) is 5.36. The minimum absolute atomic E-state index is 0.0828. The van der Waals surface area contributed by atoms with Crippen molar-refractivity contribution in [2.45, 2.75) is 6.54 Å². The molecule has 9 heteroatoms. The quantitative estimate of drug-likeness (QED) is 0.203. The fourth-order valence-corrected chi connectivity index (χ4v) is 3.79. The van der Waals surface area contributed by atoms with Gasteiger partial charge in [-0.3, -0.25) is 14.9 Å². The summed E-state index contributed by atoms with van der Waals surface area (Å²) in [4.78, 5) is 32.4. The molecule has 0 unspecified atom stereocenters. The maximum atomic E-state index is 12.0. The molecule has 35 heavy (non-hydrogen) atoms. The van der Waals surface area contributed by atoms with Crippen molar-refractivity contribution in [3.05, 3.63) is 99.6 Å². The first-order chi connectivity index (χ1) is 16.8. The van der Waals surface area contributed by atoms with Crippen LogP contribution in [-0.4, -0.2) is 52.2 Å². The summed E-state index contributed by atoms with van der Waals surface area (Å²) in [6.45, 7) is 0.642. The lowest BCUT2D eigenvalue weighted by molar-refractivity contribution is -0.384. The minimum Gasteiger partial charge on any atom is -0.494 e. The molecular formula is C26H25N5O4. The van der Waals surface area contributed by atoms with Crippen molar-refractivity contribution in [2.24, 2.45) is 4.99 Å².